The first-order valence-corrected chi connectivity index (χ1v) is 6.68. The van der Waals surface area contributed by atoms with Gasteiger partial charge in [0.1, 0.15) is 5.52 Å². The van der Waals surface area contributed by atoms with Crippen LogP contribution in [-0.4, -0.2) is 11.0 Å². The van der Waals surface area contributed by atoms with Gasteiger partial charge in [-0.1, -0.05) is 13.8 Å². The summed E-state index contributed by atoms with van der Waals surface area (Å²) in [5.74, 6) is 1.48. The van der Waals surface area contributed by atoms with Gasteiger partial charge in [-0.25, -0.2) is 4.98 Å². The van der Waals surface area contributed by atoms with Gasteiger partial charge in [0.2, 0.25) is 0 Å². The molecule has 1 heterocycles. The number of benzene rings is 1. The van der Waals surface area contributed by atoms with Crippen LogP contribution in [0.15, 0.2) is 22.6 Å². The van der Waals surface area contributed by atoms with Crippen LogP contribution in [0.2, 0.25) is 0 Å². The summed E-state index contributed by atoms with van der Waals surface area (Å²) >= 11 is 0. The Hall–Kier alpha value is -1.51. The van der Waals surface area contributed by atoms with Crippen LogP contribution < -0.4 is 5.32 Å². The smallest absolute Gasteiger partial charge is 0.192 e. The minimum atomic E-state index is 0.484. The zero-order valence-corrected chi connectivity index (χ0v) is 11.7. The van der Waals surface area contributed by atoms with E-state index in [1.807, 2.05) is 13.0 Å². The fourth-order valence-electron chi connectivity index (χ4n) is 2.07. The Morgan fingerprint density at radius 2 is 2.00 bits per heavy atom. The summed E-state index contributed by atoms with van der Waals surface area (Å²) in [6.45, 7) is 8.62. The van der Waals surface area contributed by atoms with Crippen LogP contribution in [0.5, 0.6) is 0 Å². The highest BCUT2D eigenvalue weighted by atomic mass is 16.3. The molecular weight excluding hydrogens is 224 g/mol. The van der Waals surface area contributed by atoms with E-state index in [2.05, 4.69) is 43.2 Å². The maximum absolute atomic E-state index is 5.47. The van der Waals surface area contributed by atoms with Crippen LogP contribution in [-0.2, 0) is 0 Å². The highest BCUT2D eigenvalue weighted by Crippen LogP contribution is 2.21. The molecule has 1 N–H and O–H groups in total. The van der Waals surface area contributed by atoms with Gasteiger partial charge in [0, 0.05) is 18.7 Å². The first kappa shape index (κ1) is 12.9. The lowest BCUT2D eigenvalue weighted by Crippen LogP contribution is -2.15. The van der Waals surface area contributed by atoms with Crippen LogP contribution >= 0.6 is 0 Å². The van der Waals surface area contributed by atoms with Crippen molar-refractivity contribution in [2.24, 2.45) is 5.92 Å². The van der Waals surface area contributed by atoms with E-state index in [1.165, 1.54) is 12.8 Å². The molecule has 3 nitrogen and oxygen atoms in total. The maximum Gasteiger partial charge on any atom is 0.192 e. The summed E-state index contributed by atoms with van der Waals surface area (Å²) in [7, 11) is 0. The molecule has 2 rings (SSSR count). The van der Waals surface area contributed by atoms with E-state index >= 15 is 0 Å². The number of hydrogen-bond acceptors (Lipinski definition) is 3. The summed E-state index contributed by atoms with van der Waals surface area (Å²) in [4.78, 5) is 4.35. The van der Waals surface area contributed by atoms with E-state index in [0.717, 1.165) is 28.6 Å². The average molecular weight is 246 g/mol. The Kier molecular flexibility index (Phi) is 3.90. The van der Waals surface area contributed by atoms with Gasteiger partial charge in [0.15, 0.2) is 11.5 Å². The van der Waals surface area contributed by atoms with E-state index < -0.39 is 0 Å². The Morgan fingerprint density at radius 3 is 2.72 bits per heavy atom. The van der Waals surface area contributed by atoms with Crippen LogP contribution in [0.25, 0.3) is 11.1 Å². The van der Waals surface area contributed by atoms with Gasteiger partial charge >= 0.3 is 0 Å². The summed E-state index contributed by atoms with van der Waals surface area (Å²) in [5, 5.41) is 3.52. The molecule has 0 saturated heterocycles. The van der Waals surface area contributed by atoms with Gasteiger partial charge in [-0.05, 0) is 43.9 Å². The lowest BCUT2D eigenvalue weighted by atomic mass is 10.0. The van der Waals surface area contributed by atoms with E-state index in [0.29, 0.717) is 6.04 Å². The molecule has 0 aliphatic rings. The third kappa shape index (κ3) is 3.25. The van der Waals surface area contributed by atoms with Crippen molar-refractivity contribution in [2.45, 2.75) is 46.6 Å². The van der Waals surface area contributed by atoms with E-state index in [4.69, 9.17) is 4.42 Å². The molecule has 0 radical (unpaired) electrons. The van der Waals surface area contributed by atoms with E-state index in [1.54, 1.807) is 0 Å². The maximum atomic E-state index is 5.47. The fourth-order valence-corrected chi connectivity index (χ4v) is 2.07. The van der Waals surface area contributed by atoms with Crippen molar-refractivity contribution >= 4 is 16.8 Å². The van der Waals surface area contributed by atoms with Gasteiger partial charge in [-0.15, -0.1) is 0 Å². The molecule has 0 aliphatic heterocycles. The molecular formula is C15H22N2O. The van der Waals surface area contributed by atoms with Crippen molar-refractivity contribution in [3.8, 4) is 0 Å². The number of rotatable bonds is 5. The minimum Gasteiger partial charge on any atom is -0.441 e. The van der Waals surface area contributed by atoms with Crippen molar-refractivity contribution in [3.63, 3.8) is 0 Å². The zero-order valence-electron chi connectivity index (χ0n) is 11.7. The standard InChI is InChI=1S/C15H22N2O/c1-10(2)5-6-11(3)16-13-7-8-15-14(9-13)17-12(4)18-15/h7-11,16H,5-6H2,1-4H3. The fraction of sp³-hybridized carbons (Fsp3) is 0.533. The van der Waals surface area contributed by atoms with E-state index in [9.17, 15) is 0 Å². The predicted molar refractivity (Wildman–Crippen MR) is 75.9 cm³/mol. The first-order valence-electron chi connectivity index (χ1n) is 6.68. The molecule has 98 valence electrons. The third-order valence-electron chi connectivity index (χ3n) is 3.08. The van der Waals surface area contributed by atoms with Crippen molar-refractivity contribution in [1.82, 2.24) is 4.98 Å². The molecule has 0 spiro atoms. The monoisotopic (exact) mass is 246 g/mol. The SMILES string of the molecule is Cc1nc2cc(NC(C)CCC(C)C)ccc2o1. The van der Waals surface area contributed by atoms with Crippen LogP contribution in [0.4, 0.5) is 5.69 Å². The molecule has 1 aromatic carbocycles. The molecule has 1 aromatic heterocycles. The van der Waals surface area contributed by atoms with Crippen LogP contribution in [0.3, 0.4) is 0 Å². The third-order valence-corrected chi connectivity index (χ3v) is 3.08. The number of hydrogen-bond donors (Lipinski definition) is 1. The first-order chi connectivity index (χ1) is 8.54. The number of nitrogens with one attached hydrogen (secondary N) is 1. The molecule has 0 fully saturated rings. The van der Waals surface area contributed by atoms with Crippen LogP contribution in [0.1, 0.15) is 39.5 Å². The molecule has 0 bridgehead atoms. The van der Waals surface area contributed by atoms with E-state index in [-0.39, 0.29) is 0 Å². The lowest BCUT2D eigenvalue weighted by molar-refractivity contribution is 0.528. The second kappa shape index (κ2) is 5.42. The molecule has 3 heteroatoms. The largest absolute Gasteiger partial charge is 0.441 e. The predicted octanol–water partition coefficient (Wildman–Crippen LogP) is 4.37. The summed E-state index contributed by atoms with van der Waals surface area (Å²) in [5.41, 5.74) is 2.90. The Balaban J connectivity index is 2.02. The van der Waals surface area contributed by atoms with Crippen LogP contribution in [0, 0.1) is 12.8 Å². The van der Waals surface area contributed by atoms with Gasteiger partial charge < -0.3 is 9.73 Å². The second-order valence-corrected chi connectivity index (χ2v) is 5.43. The lowest BCUT2D eigenvalue weighted by Gasteiger charge is -2.16. The van der Waals surface area contributed by atoms with Gasteiger partial charge in [-0.2, -0.15) is 0 Å². The number of oxazole rings is 1. The number of aromatic nitrogens is 1. The Labute approximate surface area is 109 Å². The molecule has 2 aromatic rings. The number of aryl methyl sites for hydroxylation is 1. The second-order valence-electron chi connectivity index (χ2n) is 5.43. The van der Waals surface area contributed by atoms with Gasteiger partial charge in [-0.3, -0.25) is 0 Å². The summed E-state index contributed by atoms with van der Waals surface area (Å²) < 4.78 is 5.47. The highest BCUT2D eigenvalue weighted by Gasteiger charge is 2.06. The molecule has 1 atom stereocenters. The Morgan fingerprint density at radius 1 is 1.22 bits per heavy atom. The molecule has 0 amide bonds. The number of nitrogens with zero attached hydrogens (tertiary/aromatic N) is 1. The summed E-state index contributed by atoms with van der Waals surface area (Å²) in [6, 6.07) is 6.57. The van der Waals surface area contributed by atoms with Crippen molar-refractivity contribution in [2.75, 3.05) is 5.32 Å². The quantitative estimate of drug-likeness (QED) is 0.851. The Bertz CT molecular complexity index is 516. The minimum absolute atomic E-state index is 0.484. The van der Waals surface area contributed by atoms with Gasteiger partial charge in [0.05, 0.1) is 0 Å². The molecule has 18 heavy (non-hydrogen) atoms. The summed E-state index contributed by atoms with van der Waals surface area (Å²) in [6.07, 6.45) is 2.44. The average Bonchev–Trinajstić information content (AvgIpc) is 2.66. The van der Waals surface area contributed by atoms with Crippen molar-refractivity contribution in [1.29, 1.82) is 0 Å². The van der Waals surface area contributed by atoms with Crippen molar-refractivity contribution < 1.29 is 4.42 Å². The molecule has 1 unspecified atom stereocenters. The number of fused-ring (bicyclic) bond motifs is 1. The normalized spacial score (nSPS) is 13.2. The molecule has 0 saturated carbocycles. The highest BCUT2D eigenvalue weighted by molar-refractivity contribution is 5.77. The zero-order chi connectivity index (χ0) is 13.1. The molecule has 0 aliphatic carbocycles. The van der Waals surface area contributed by atoms with Gasteiger partial charge in [0.25, 0.3) is 0 Å². The van der Waals surface area contributed by atoms with Crippen molar-refractivity contribution in [3.05, 3.63) is 24.1 Å². The topological polar surface area (TPSA) is 38.1 Å². The number of anilines is 1.